The van der Waals surface area contributed by atoms with Gasteiger partial charge in [-0.15, -0.1) is 0 Å². The normalized spacial score (nSPS) is 11.3. The molecule has 2 N–H and O–H groups in total. The number of amides is 2. The first kappa shape index (κ1) is 20.9. The summed E-state index contributed by atoms with van der Waals surface area (Å²) in [4.78, 5) is 24.9. The van der Waals surface area contributed by atoms with Crippen LogP contribution in [0.15, 0.2) is 78.9 Å². The predicted molar refractivity (Wildman–Crippen MR) is 116 cm³/mol. The molecule has 2 amide bonds. The van der Waals surface area contributed by atoms with Gasteiger partial charge in [0.05, 0.1) is 7.11 Å². The van der Waals surface area contributed by atoms with Gasteiger partial charge in [-0.1, -0.05) is 48.5 Å². The Kier molecular flexibility index (Phi) is 7.05. The smallest absolute Gasteiger partial charge is 0.252 e. The van der Waals surface area contributed by atoms with E-state index in [0.717, 1.165) is 5.56 Å². The van der Waals surface area contributed by atoms with Crippen molar-refractivity contribution in [2.75, 3.05) is 12.4 Å². The summed E-state index contributed by atoms with van der Waals surface area (Å²) in [6.07, 6.45) is 0. The van der Waals surface area contributed by atoms with Crippen LogP contribution in [0.3, 0.4) is 0 Å². The van der Waals surface area contributed by atoms with Crippen molar-refractivity contribution in [3.63, 3.8) is 0 Å². The predicted octanol–water partition coefficient (Wildman–Crippen LogP) is 4.03. The molecule has 0 spiro atoms. The number of rotatable bonds is 8. The van der Waals surface area contributed by atoms with Gasteiger partial charge in [-0.25, -0.2) is 0 Å². The Hall–Kier alpha value is -3.80. The van der Waals surface area contributed by atoms with E-state index in [2.05, 4.69) is 10.6 Å². The molecule has 3 aromatic rings. The van der Waals surface area contributed by atoms with E-state index in [1.54, 1.807) is 37.3 Å². The van der Waals surface area contributed by atoms with Crippen LogP contribution >= 0.6 is 0 Å². The molecule has 1 unspecified atom stereocenters. The molecule has 154 valence electrons. The van der Waals surface area contributed by atoms with Gasteiger partial charge in [0.25, 0.3) is 5.91 Å². The SMILES string of the molecule is COc1cc(C(=O)NC(C)C(=O)Nc2ccccc2)ccc1OCc1ccccc1. The Bertz CT molecular complexity index is 991. The number of carbonyl (C=O) groups is 2. The van der Waals surface area contributed by atoms with Gasteiger partial charge in [0.1, 0.15) is 12.6 Å². The minimum Gasteiger partial charge on any atom is -0.493 e. The van der Waals surface area contributed by atoms with E-state index in [4.69, 9.17) is 9.47 Å². The van der Waals surface area contributed by atoms with Gasteiger partial charge in [0.15, 0.2) is 11.5 Å². The molecule has 3 aromatic carbocycles. The van der Waals surface area contributed by atoms with Crippen molar-refractivity contribution in [3.05, 3.63) is 90.0 Å². The van der Waals surface area contributed by atoms with Gasteiger partial charge < -0.3 is 20.1 Å². The quantitative estimate of drug-likeness (QED) is 0.594. The zero-order valence-corrected chi connectivity index (χ0v) is 16.9. The highest BCUT2D eigenvalue weighted by atomic mass is 16.5. The van der Waals surface area contributed by atoms with Crippen molar-refractivity contribution in [3.8, 4) is 11.5 Å². The summed E-state index contributed by atoms with van der Waals surface area (Å²) in [5, 5.41) is 5.46. The molecule has 0 aromatic heterocycles. The number of anilines is 1. The number of ether oxygens (including phenoxy) is 2. The fraction of sp³-hybridized carbons (Fsp3) is 0.167. The molecule has 0 aliphatic rings. The number of para-hydroxylation sites is 1. The fourth-order valence-corrected chi connectivity index (χ4v) is 2.78. The van der Waals surface area contributed by atoms with Crippen LogP contribution in [0.25, 0.3) is 0 Å². The lowest BCUT2D eigenvalue weighted by Gasteiger charge is -2.15. The number of carbonyl (C=O) groups excluding carboxylic acids is 2. The molecule has 6 nitrogen and oxygen atoms in total. The Labute approximate surface area is 175 Å². The molecule has 0 fully saturated rings. The molecule has 30 heavy (non-hydrogen) atoms. The Morgan fingerprint density at radius 3 is 2.23 bits per heavy atom. The van der Waals surface area contributed by atoms with E-state index < -0.39 is 6.04 Å². The minimum atomic E-state index is -0.710. The van der Waals surface area contributed by atoms with Crippen molar-refractivity contribution in [2.45, 2.75) is 19.6 Å². The molecule has 0 aliphatic carbocycles. The van der Waals surface area contributed by atoms with Crippen LogP contribution in [0.5, 0.6) is 11.5 Å². The van der Waals surface area contributed by atoms with E-state index in [1.165, 1.54) is 7.11 Å². The summed E-state index contributed by atoms with van der Waals surface area (Å²) in [7, 11) is 1.52. The molecule has 1 atom stereocenters. The third-order valence-electron chi connectivity index (χ3n) is 4.45. The first-order valence-electron chi connectivity index (χ1n) is 9.58. The fourth-order valence-electron chi connectivity index (χ4n) is 2.78. The molecule has 0 aliphatic heterocycles. The average Bonchev–Trinajstić information content (AvgIpc) is 2.78. The van der Waals surface area contributed by atoms with E-state index in [0.29, 0.717) is 29.4 Å². The van der Waals surface area contributed by atoms with Gasteiger partial charge in [0, 0.05) is 11.3 Å². The summed E-state index contributed by atoms with van der Waals surface area (Å²) < 4.78 is 11.2. The highest BCUT2D eigenvalue weighted by Crippen LogP contribution is 2.29. The lowest BCUT2D eigenvalue weighted by atomic mass is 10.1. The maximum atomic E-state index is 12.6. The number of benzene rings is 3. The van der Waals surface area contributed by atoms with E-state index in [-0.39, 0.29) is 11.8 Å². The van der Waals surface area contributed by atoms with Crippen molar-refractivity contribution in [1.29, 1.82) is 0 Å². The van der Waals surface area contributed by atoms with E-state index in [9.17, 15) is 9.59 Å². The Morgan fingerprint density at radius 1 is 0.900 bits per heavy atom. The van der Waals surface area contributed by atoms with E-state index in [1.807, 2.05) is 48.5 Å². The first-order chi connectivity index (χ1) is 14.6. The first-order valence-corrected chi connectivity index (χ1v) is 9.58. The number of nitrogens with one attached hydrogen (secondary N) is 2. The van der Waals surface area contributed by atoms with Gasteiger partial charge in [-0.3, -0.25) is 9.59 Å². The molecule has 6 heteroatoms. The van der Waals surface area contributed by atoms with Gasteiger partial charge in [-0.2, -0.15) is 0 Å². The average molecular weight is 404 g/mol. The van der Waals surface area contributed by atoms with Crippen LogP contribution in [-0.2, 0) is 11.4 Å². The second-order valence-corrected chi connectivity index (χ2v) is 6.69. The maximum absolute atomic E-state index is 12.6. The molecule has 3 rings (SSSR count). The molecular formula is C24H24N2O4. The minimum absolute atomic E-state index is 0.302. The summed E-state index contributed by atoms with van der Waals surface area (Å²) in [6, 6.07) is 23.1. The van der Waals surface area contributed by atoms with Gasteiger partial charge >= 0.3 is 0 Å². The lowest BCUT2D eigenvalue weighted by Crippen LogP contribution is -2.41. The monoisotopic (exact) mass is 404 g/mol. The van der Waals surface area contributed by atoms with Crippen molar-refractivity contribution in [1.82, 2.24) is 5.32 Å². The third kappa shape index (κ3) is 5.61. The van der Waals surface area contributed by atoms with Crippen LogP contribution in [0.1, 0.15) is 22.8 Å². The molecular weight excluding hydrogens is 380 g/mol. The topological polar surface area (TPSA) is 76.7 Å². The zero-order valence-electron chi connectivity index (χ0n) is 16.9. The van der Waals surface area contributed by atoms with Crippen LogP contribution in [0.4, 0.5) is 5.69 Å². The van der Waals surface area contributed by atoms with Crippen LogP contribution in [0.2, 0.25) is 0 Å². The Balaban J connectivity index is 1.61. The van der Waals surface area contributed by atoms with Gasteiger partial charge in [0.2, 0.25) is 5.91 Å². The van der Waals surface area contributed by atoms with Crippen LogP contribution in [-0.4, -0.2) is 25.0 Å². The summed E-state index contributed by atoms with van der Waals surface area (Å²) in [5.74, 6) is 0.302. The molecule has 0 radical (unpaired) electrons. The van der Waals surface area contributed by atoms with Gasteiger partial charge in [-0.05, 0) is 42.8 Å². The van der Waals surface area contributed by atoms with Crippen molar-refractivity contribution in [2.24, 2.45) is 0 Å². The van der Waals surface area contributed by atoms with Crippen LogP contribution in [0, 0.1) is 0 Å². The zero-order chi connectivity index (χ0) is 21.3. The molecule has 0 heterocycles. The standard InChI is InChI=1S/C24H24N2O4/c1-17(23(27)26-20-11-7-4-8-12-20)25-24(28)19-13-14-21(22(15-19)29-2)30-16-18-9-5-3-6-10-18/h3-15,17H,16H2,1-2H3,(H,25,28)(H,26,27). The second-order valence-electron chi connectivity index (χ2n) is 6.69. The van der Waals surface area contributed by atoms with Crippen molar-refractivity contribution >= 4 is 17.5 Å². The highest BCUT2D eigenvalue weighted by molar-refractivity contribution is 6.01. The molecule has 0 saturated carbocycles. The summed E-state index contributed by atoms with van der Waals surface area (Å²) in [5.41, 5.74) is 2.07. The van der Waals surface area contributed by atoms with E-state index >= 15 is 0 Å². The van der Waals surface area contributed by atoms with Crippen molar-refractivity contribution < 1.29 is 19.1 Å². The maximum Gasteiger partial charge on any atom is 0.252 e. The third-order valence-corrected chi connectivity index (χ3v) is 4.45. The molecule has 0 saturated heterocycles. The summed E-state index contributed by atoms with van der Waals surface area (Å²) in [6.45, 7) is 2.02. The largest absolute Gasteiger partial charge is 0.493 e. The molecule has 0 bridgehead atoms. The number of methoxy groups -OCH3 is 1. The second kappa shape index (κ2) is 10.1. The number of hydrogen-bond donors (Lipinski definition) is 2. The van der Waals surface area contributed by atoms with Crippen LogP contribution < -0.4 is 20.1 Å². The summed E-state index contributed by atoms with van der Waals surface area (Å²) >= 11 is 0. The number of hydrogen-bond acceptors (Lipinski definition) is 4. The lowest BCUT2D eigenvalue weighted by molar-refractivity contribution is -0.117. The Morgan fingerprint density at radius 2 is 1.57 bits per heavy atom. The highest BCUT2D eigenvalue weighted by Gasteiger charge is 2.18.